The van der Waals surface area contributed by atoms with Crippen molar-refractivity contribution in [3.05, 3.63) is 35.9 Å². The minimum absolute atomic E-state index is 0.0215. The smallest absolute Gasteiger partial charge is 0.0611 e. The maximum absolute atomic E-state index is 5.78. The normalized spacial score (nSPS) is 42.5. The summed E-state index contributed by atoms with van der Waals surface area (Å²) in [4.78, 5) is 5.19. The van der Waals surface area contributed by atoms with Crippen molar-refractivity contribution in [2.45, 2.75) is 5.41 Å². The average Bonchev–Trinajstić information content (AvgIpc) is 2.68. The van der Waals surface area contributed by atoms with Crippen LogP contribution < -0.4 is 5.84 Å². The molecule has 4 heterocycles. The van der Waals surface area contributed by atoms with Crippen LogP contribution in [0.3, 0.4) is 0 Å². The Labute approximate surface area is 113 Å². The molecule has 0 radical (unpaired) electrons. The van der Waals surface area contributed by atoms with E-state index in [-0.39, 0.29) is 5.41 Å². The molecule has 0 saturated carbocycles. The van der Waals surface area contributed by atoms with E-state index in [1.165, 1.54) is 24.4 Å². The van der Waals surface area contributed by atoms with Crippen molar-refractivity contribution in [1.82, 2.24) is 9.80 Å². The van der Waals surface area contributed by atoms with Crippen molar-refractivity contribution in [2.24, 2.45) is 16.9 Å². The second kappa shape index (κ2) is 4.05. The monoisotopic (exact) mass is 256 g/mol. The van der Waals surface area contributed by atoms with Gasteiger partial charge in [-0.3, -0.25) is 0 Å². The molecule has 4 nitrogen and oxygen atoms in total. The molecular formula is C15H20N4. The number of piperidine rings is 2. The summed E-state index contributed by atoms with van der Waals surface area (Å²) in [7, 11) is 0. The molecule has 100 valence electrons. The first kappa shape index (κ1) is 11.4. The van der Waals surface area contributed by atoms with Gasteiger partial charge in [0.2, 0.25) is 0 Å². The van der Waals surface area contributed by atoms with Crippen LogP contribution in [0.25, 0.3) is 0 Å². The number of hydrogen-bond acceptors (Lipinski definition) is 4. The van der Waals surface area contributed by atoms with Crippen LogP contribution in [0.4, 0.5) is 0 Å². The van der Waals surface area contributed by atoms with Gasteiger partial charge in [0.05, 0.1) is 11.1 Å². The Morgan fingerprint density at radius 3 is 2.26 bits per heavy atom. The zero-order valence-corrected chi connectivity index (χ0v) is 11.1. The van der Waals surface area contributed by atoms with E-state index in [0.29, 0.717) is 5.92 Å². The van der Waals surface area contributed by atoms with Gasteiger partial charge in [-0.05, 0) is 5.56 Å². The summed E-state index contributed by atoms with van der Waals surface area (Å²) in [5.41, 5.74) is 2.63. The van der Waals surface area contributed by atoms with Crippen LogP contribution in [0, 0.1) is 5.92 Å². The lowest BCUT2D eigenvalue weighted by molar-refractivity contribution is 0.164. The number of nitrogens with zero attached hydrogens (tertiary/aromatic N) is 3. The van der Waals surface area contributed by atoms with Crippen molar-refractivity contribution in [3.63, 3.8) is 0 Å². The van der Waals surface area contributed by atoms with E-state index in [1.54, 1.807) is 0 Å². The molecule has 4 bridgehead atoms. The van der Waals surface area contributed by atoms with E-state index in [9.17, 15) is 0 Å². The molecule has 2 unspecified atom stereocenters. The van der Waals surface area contributed by atoms with Gasteiger partial charge in [0.15, 0.2) is 0 Å². The fourth-order valence-electron chi connectivity index (χ4n) is 4.29. The third-order valence-electron chi connectivity index (χ3n) is 5.02. The van der Waals surface area contributed by atoms with Gasteiger partial charge in [0.1, 0.15) is 0 Å². The molecule has 0 spiro atoms. The third kappa shape index (κ3) is 1.56. The Bertz CT molecular complexity index is 494. The van der Waals surface area contributed by atoms with Gasteiger partial charge in [-0.1, -0.05) is 30.3 Å². The van der Waals surface area contributed by atoms with Crippen molar-refractivity contribution in [1.29, 1.82) is 0 Å². The molecular weight excluding hydrogens is 236 g/mol. The molecule has 2 atom stereocenters. The molecule has 4 heteroatoms. The molecule has 5 rings (SSSR count). The minimum Gasteiger partial charge on any atom is -0.323 e. The van der Waals surface area contributed by atoms with Crippen LogP contribution in [0.2, 0.25) is 0 Å². The highest BCUT2D eigenvalue weighted by atomic mass is 15.3. The molecule has 4 aliphatic rings. The summed E-state index contributed by atoms with van der Waals surface area (Å²) in [6, 6.07) is 10.8. The van der Waals surface area contributed by atoms with Crippen molar-refractivity contribution >= 4 is 5.71 Å². The Balaban J connectivity index is 1.88. The van der Waals surface area contributed by atoms with Crippen LogP contribution in [-0.4, -0.2) is 54.8 Å². The summed E-state index contributed by atoms with van der Waals surface area (Å²) in [6.07, 6.45) is 0. The standard InChI is InChI=1S/C15H20N4/c16-17-14-12-8-18-6-7-19(9-12)11-15(14,10-18)13-4-2-1-3-5-13/h1-5,12H,6-11,16H2. The average molecular weight is 256 g/mol. The molecule has 4 aliphatic heterocycles. The number of hydrazone groups is 1. The number of benzene rings is 1. The molecule has 1 aromatic carbocycles. The predicted molar refractivity (Wildman–Crippen MR) is 76.1 cm³/mol. The summed E-state index contributed by atoms with van der Waals surface area (Å²) >= 11 is 0. The molecule has 0 aromatic heterocycles. The lowest BCUT2D eigenvalue weighted by Crippen LogP contribution is -2.64. The van der Waals surface area contributed by atoms with Crippen molar-refractivity contribution in [2.75, 3.05) is 39.3 Å². The first-order valence-electron chi connectivity index (χ1n) is 7.10. The van der Waals surface area contributed by atoms with Crippen LogP contribution >= 0.6 is 0 Å². The Morgan fingerprint density at radius 2 is 1.68 bits per heavy atom. The SMILES string of the molecule is NN=C1C2CN3CCN(C2)CC1(c1ccccc1)C3. The Kier molecular flexibility index (Phi) is 2.44. The van der Waals surface area contributed by atoms with Gasteiger partial charge >= 0.3 is 0 Å². The molecule has 0 amide bonds. The fraction of sp³-hybridized carbons (Fsp3) is 0.533. The minimum atomic E-state index is 0.0215. The van der Waals surface area contributed by atoms with Crippen LogP contribution in [0.15, 0.2) is 35.4 Å². The van der Waals surface area contributed by atoms with Gasteiger partial charge < -0.3 is 15.6 Å². The first-order valence-corrected chi connectivity index (χ1v) is 7.10. The highest BCUT2D eigenvalue weighted by molar-refractivity contribution is 5.99. The van der Waals surface area contributed by atoms with E-state index in [4.69, 9.17) is 5.84 Å². The third-order valence-corrected chi connectivity index (χ3v) is 5.02. The van der Waals surface area contributed by atoms with E-state index in [2.05, 4.69) is 45.2 Å². The van der Waals surface area contributed by atoms with Gasteiger partial charge in [0, 0.05) is 45.2 Å². The van der Waals surface area contributed by atoms with Crippen LogP contribution in [0.5, 0.6) is 0 Å². The number of rotatable bonds is 1. The largest absolute Gasteiger partial charge is 0.323 e. The zero-order chi connectivity index (χ0) is 12.9. The second-order valence-corrected chi connectivity index (χ2v) is 6.13. The predicted octanol–water partition coefficient (Wildman–Crippen LogP) is 0.500. The van der Waals surface area contributed by atoms with Crippen molar-refractivity contribution < 1.29 is 0 Å². The molecule has 2 N–H and O–H groups in total. The lowest BCUT2D eigenvalue weighted by atomic mass is 9.66. The molecule has 4 fully saturated rings. The summed E-state index contributed by atoms with van der Waals surface area (Å²) in [5, 5.41) is 4.24. The first-order chi connectivity index (χ1) is 9.32. The van der Waals surface area contributed by atoms with Crippen LogP contribution in [0.1, 0.15) is 5.56 Å². The van der Waals surface area contributed by atoms with E-state index in [0.717, 1.165) is 26.2 Å². The lowest BCUT2D eigenvalue weighted by Gasteiger charge is -2.50. The maximum atomic E-state index is 5.78. The molecule has 0 aliphatic carbocycles. The van der Waals surface area contributed by atoms with E-state index < -0.39 is 0 Å². The Morgan fingerprint density at radius 1 is 1.05 bits per heavy atom. The fourth-order valence-corrected chi connectivity index (χ4v) is 4.29. The second-order valence-electron chi connectivity index (χ2n) is 6.13. The molecule has 4 saturated heterocycles. The van der Waals surface area contributed by atoms with Gasteiger partial charge in [-0.15, -0.1) is 0 Å². The highest BCUT2D eigenvalue weighted by Crippen LogP contribution is 2.40. The van der Waals surface area contributed by atoms with Crippen molar-refractivity contribution in [3.8, 4) is 0 Å². The van der Waals surface area contributed by atoms with Gasteiger partial charge in [-0.25, -0.2) is 0 Å². The van der Waals surface area contributed by atoms with Gasteiger partial charge in [-0.2, -0.15) is 5.10 Å². The number of nitrogens with two attached hydrogens (primary N) is 1. The maximum Gasteiger partial charge on any atom is 0.0611 e. The summed E-state index contributed by atoms with van der Waals surface area (Å²) in [5.74, 6) is 6.29. The van der Waals surface area contributed by atoms with Gasteiger partial charge in [0.25, 0.3) is 0 Å². The highest BCUT2D eigenvalue weighted by Gasteiger charge is 2.52. The number of hydrogen-bond donors (Lipinski definition) is 1. The zero-order valence-electron chi connectivity index (χ0n) is 11.1. The topological polar surface area (TPSA) is 44.9 Å². The molecule has 19 heavy (non-hydrogen) atoms. The quantitative estimate of drug-likeness (QED) is 0.588. The number of fused-ring (bicyclic) bond motifs is 1. The summed E-state index contributed by atoms with van der Waals surface area (Å²) < 4.78 is 0. The van der Waals surface area contributed by atoms with E-state index in [1.807, 2.05) is 0 Å². The van der Waals surface area contributed by atoms with E-state index >= 15 is 0 Å². The van der Waals surface area contributed by atoms with Crippen LogP contribution in [-0.2, 0) is 5.41 Å². The summed E-state index contributed by atoms with van der Waals surface area (Å²) in [6.45, 7) is 6.76. The Hall–Kier alpha value is -1.39. The molecule has 1 aromatic rings.